The van der Waals surface area contributed by atoms with Crippen LogP contribution in [0.15, 0.2) is 24.3 Å². The average molecular weight is 330 g/mol. The maximum Gasteiger partial charge on any atom is 0.236 e. The first-order valence-electron chi connectivity index (χ1n) is 9.39. The molecule has 0 saturated carbocycles. The van der Waals surface area contributed by atoms with Gasteiger partial charge in [-0.15, -0.1) is 0 Å². The van der Waals surface area contributed by atoms with Gasteiger partial charge in [-0.2, -0.15) is 0 Å². The molecular weight excluding hydrogens is 300 g/mol. The van der Waals surface area contributed by atoms with Gasteiger partial charge in [0.2, 0.25) is 5.91 Å². The summed E-state index contributed by atoms with van der Waals surface area (Å²) in [6.07, 6.45) is 5.13. The first kappa shape index (κ1) is 17.4. The molecule has 0 aromatic heterocycles. The third-order valence-electron chi connectivity index (χ3n) is 5.62. The first-order valence-corrected chi connectivity index (χ1v) is 9.39. The molecule has 0 bridgehead atoms. The van der Waals surface area contributed by atoms with Crippen molar-refractivity contribution in [2.75, 3.05) is 32.8 Å². The van der Waals surface area contributed by atoms with Gasteiger partial charge in [-0.25, -0.2) is 0 Å². The van der Waals surface area contributed by atoms with E-state index in [1.807, 2.05) is 4.90 Å². The fraction of sp³-hybridized carbons (Fsp3) is 0.650. The lowest BCUT2D eigenvalue weighted by atomic mass is 9.99. The van der Waals surface area contributed by atoms with Crippen molar-refractivity contribution in [3.63, 3.8) is 0 Å². The van der Waals surface area contributed by atoms with Gasteiger partial charge in [0.1, 0.15) is 0 Å². The minimum absolute atomic E-state index is 0.181. The zero-order chi connectivity index (χ0) is 16.9. The average Bonchev–Trinajstić information content (AvgIpc) is 3.03. The first-order chi connectivity index (χ1) is 11.7. The van der Waals surface area contributed by atoms with Crippen LogP contribution in [0.2, 0.25) is 0 Å². The Labute approximate surface area is 145 Å². The Balaban J connectivity index is 1.67. The van der Waals surface area contributed by atoms with Crippen LogP contribution < -0.4 is 0 Å². The fourth-order valence-corrected chi connectivity index (χ4v) is 4.06. The van der Waals surface area contributed by atoms with E-state index in [0.717, 1.165) is 57.7 Å². The van der Waals surface area contributed by atoms with Crippen LogP contribution in [0.1, 0.15) is 49.8 Å². The zero-order valence-electron chi connectivity index (χ0n) is 14.8. The Morgan fingerprint density at radius 2 is 2.00 bits per heavy atom. The highest BCUT2D eigenvalue weighted by Crippen LogP contribution is 2.35. The number of aliphatic hydroxyl groups excluding tert-OH is 1. The highest BCUT2D eigenvalue weighted by atomic mass is 16.3. The third-order valence-corrected chi connectivity index (χ3v) is 5.62. The largest absolute Gasteiger partial charge is 0.396 e. The minimum Gasteiger partial charge on any atom is -0.396 e. The molecule has 132 valence electrons. The monoisotopic (exact) mass is 330 g/mol. The van der Waals surface area contributed by atoms with Gasteiger partial charge in [0.05, 0.1) is 6.54 Å². The Kier molecular flexibility index (Phi) is 5.90. The van der Waals surface area contributed by atoms with Gasteiger partial charge in [0, 0.05) is 32.3 Å². The molecule has 1 aromatic carbocycles. The molecule has 0 radical (unpaired) electrons. The molecule has 1 aromatic rings. The number of likely N-dealkylation sites (tertiary alicyclic amines) is 1. The standard InChI is InChI=1S/C20H30N2O2/c1-16-9-12-21(13-10-16)20(24)15-22(11-4-14-23)19-8-7-17-5-2-3-6-18(17)19/h2-3,5-6,16,19,23H,4,7-15H2,1H3. The fourth-order valence-electron chi connectivity index (χ4n) is 4.06. The molecule has 1 fully saturated rings. The minimum atomic E-state index is 0.181. The van der Waals surface area contributed by atoms with E-state index >= 15 is 0 Å². The van der Waals surface area contributed by atoms with Crippen molar-refractivity contribution in [3.05, 3.63) is 35.4 Å². The van der Waals surface area contributed by atoms with Gasteiger partial charge in [-0.1, -0.05) is 31.2 Å². The topological polar surface area (TPSA) is 43.8 Å². The van der Waals surface area contributed by atoms with Crippen LogP contribution >= 0.6 is 0 Å². The predicted molar refractivity (Wildman–Crippen MR) is 95.8 cm³/mol. The number of piperidine rings is 1. The van der Waals surface area contributed by atoms with Gasteiger partial charge >= 0.3 is 0 Å². The zero-order valence-corrected chi connectivity index (χ0v) is 14.8. The number of benzene rings is 1. The van der Waals surface area contributed by atoms with E-state index in [9.17, 15) is 9.90 Å². The molecule has 1 amide bonds. The molecule has 1 unspecified atom stereocenters. The summed E-state index contributed by atoms with van der Waals surface area (Å²) >= 11 is 0. The van der Waals surface area contributed by atoms with Crippen molar-refractivity contribution < 1.29 is 9.90 Å². The van der Waals surface area contributed by atoms with Crippen LogP contribution in [0.3, 0.4) is 0 Å². The molecule has 0 spiro atoms. The number of rotatable bonds is 6. The lowest BCUT2D eigenvalue weighted by Crippen LogP contribution is -2.45. The maximum absolute atomic E-state index is 12.8. The SMILES string of the molecule is CC1CCN(C(=O)CN(CCCO)C2CCc3ccccc32)CC1. The number of fused-ring (bicyclic) bond motifs is 1. The second kappa shape index (κ2) is 8.13. The molecule has 1 saturated heterocycles. The smallest absolute Gasteiger partial charge is 0.236 e. The van der Waals surface area contributed by atoms with Gasteiger partial charge < -0.3 is 10.0 Å². The van der Waals surface area contributed by atoms with Crippen LogP contribution in [0, 0.1) is 5.92 Å². The van der Waals surface area contributed by atoms with Crippen molar-refractivity contribution in [2.24, 2.45) is 5.92 Å². The summed E-state index contributed by atoms with van der Waals surface area (Å²) in [6, 6.07) is 8.91. The summed E-state index contributed by atoms with van der Waals surface area (Å²) < 4.78 is 0. The molecule has 1 atom stereocenters. The Hall–Kier alpha value is -1.39. The maximum atomic E-state index is 12.8. The number of aryl methyl sites for hydroxylation is 1. The van der Waals surface area contributed by atoms with E-state index in [1.54, 1.807) is 0 Å². The van der Waals surface area contributed by atoms with Crippen molar-refractivity contribution in [1.29, 1.82) is 0 Å². The van der Waals surface area contributed by atoms with Crippen molar-refractivity contribution in [3.8, 4) is 0 Å². The summed E-state index contributed by atoms with van der Waals surface area (Å²) in [5.74, 6) is 0.991. The molecule has 1 N–H and O–H groups in total. The van der Waals surface area contributed by atoms with E-state index < -0.39 is 0 Å². The number of hydrogen-bond acceptors (Lipinski definition) is 3. The van der Waals surface area contributed by atoms with Crippen LogP contribution in [0.4, 0.5) is 0 Å². The molecular formula is C20H30N2O2. The number of hydrogen-bond donors (Lipinski definition) is 1. The van der Waals surface area contributed by atoms with Crippen molar-refractivity contribution in [1.82, 2.24) is 9.80 Å². The molecule has 3 rings (SSSR count). The summed E-state index contributed by atoms with van der Waals surface area (Å²) in [5, 5.41) is 9.24. The summed E-state index contributed by atoms with van der Waals surface area (Å²) in [4.78, 5) is 17.1. The predicted octanol–water partition coefficient (Wildman–Crippen LogP) is 2.62. The highest BCUT2D eigenvalue weighted by Gasteiger charge is 2.30. The number of carbonyl (C=O) groups is 1. The van der Waals surface area contributed by atoms with Crippen LogP contribution in [-0.2, 0) is 11.2 Å². The van der Waals surface area contributed by atoms with Gasteiger partial charge in [-0.05, 0) is 49.1 Å². The lowest BCUT2D eigenvalue weighted by molar-refractivity contribution is -0.134. The van der Waals surface area contributed by atoms with Crippen LogP contribution in [0.5, 0.6) is 0 Å². The lowest BCUT2D eigenvalue weighted by Gasteiger charge is -2.34. The van der Waals surface area contributed by atoms with Crippen LogP contribution in [-0.4, -0.2) is 53.6 Å². The molecule has 2 aliphatic rings. The van der Waals surface area contributed by atoms with Crippen molar-refractivity contribution >= 4 is 5.91 Å². The molecule has 1 aliphatic heterocycles. The highest BCUT2D eigenvalue weighted by molar-refractivity contribution is 5.78. The number of aliphatic hydroxyl groups is 1. The van der Waals surface area contributed by atoms with E-state index in [0.29, 0.717) is 12.6 Å². The van der Waals surface area contributed by atoms with Gasteiger partial charge in [0.15, 0.2) is 0 Å². The summed E-state index contributed by atoms with van der Waals surface area (Å²) in [5.41, 5.74) is 2.78. The van der Waals surface area contributed by atoms with E-state index in [-0.39, 0.29) is 12.5 Å². The Morgan fingerprint density at radius 1 is 1.25 bits per heavy atom. The Bertz CT molecular complexity index is 552. The van der Waals surface area contributed by atoms with E-state index in [1.165, 1.54) is 11.1 Å². The molecule has 24 heavy (non-hydrogen) atoms. The molecule has 4 nitrogen and oxygen atoms in total. The normalized spacial score (nSPS) is 21.3. The molecule has 1 aliphatic carbocycles. The number of amides is 1. The van der Waals surface area contributed by atoms with Crippen molar-refractivity contribution in [2.45, 2.75) is 45.1 Å². The second-order valence-electron chi connectivity index (χ2n) is 7.36. The summed E-state index contributed by atoms with van der Waals surface area (Å²) in [6.45, 7) is 5.51. The number of nitrogens with zero attached hydrogens (tertiary/aromatic N) is 2. The molecule has 4 heteroatoms. The molecule has 1 heterocycles. The van der Waals surface area contributed by atoms with E-state index in [2.05, 4.69) is 36.1 Å². The third kappa shape index (κ3) is 3.98. The Morgan fingerprint density at radius 3 is 2.75 bits per heavy atom. The van der Waals surface area contributed by atoms with Gasteiger partial charge in [0.25, 0.3) is 0 Å². The van der Waals surface area contributed by atoms with E-state index in [4.69, 9.17) is 0 Å². The summed E-state index contributed by atoms with van der Waals surface area (Å²) in [7, 11) is 0. The quantitative estimate of drug-likeness (QED) is 0.872. The second-order valence-corrected chi connectivity index (χ2v) is 7.36. The number of carbonyl (C=O) groups excluding carboxylic acids is 1. The van der Waals surface area contributed by atoms with Gasteiger partial charge in [-0.3, -0.25) is 9.69 Å². The van der Waals surface area contributed by atoms with Crippen LogP contribution in [0.25, 0.3) is 0 Å².